The third-order valence-corrected chi connectivity index (χ3v) is 4.94. The van der Waals surface area contributed by atoms with Gasteiger partial charge in [-0.15, -0.1) is 24.0 Å². The number of likely N-dealkylation sites (tertiary alicyclic amines) is 1. The molecular formula is C19H30ClFIN5O. The summed E-state index contributed by atoms with van der Waals surface area (Å²) < 4.78 is 13.1. The first-order chi connectivity index (χ1) is 13.0. The molecule has 0 aromatic heterocycles. The number of halogens is 3. The molecule has 2 rings (SSSR count). The van der Waals surface area contributed by atoms with Crippen LogP contribution >= 0.6 is 35.6 Å². The number of hydrogen-bond donors (Lipinski definition) is 3. The van der Waals surface area contributed by atoms with E-state index >= 15 is 0 Å². The normalized spacial score (nSPS) is 15.6. The number of hydrogen-bond acceptors (Lipinski definition) is 3. The van der Waals surface area contributed by atoms with Crippen molar-refractivity contribution >= 4 is 47.4 Å². The zero-order chi connectivity index (χ0) is 19.6. The van der Waals surface area contributed by atoms with Crippen LogP contribution in [-0.4, -0.2) is 62.6 Å². The topological polar surface area (TPSA) is 68.8 Å². The van der Waals surface area contributed by atoms with Crippen LogP contribution in [0.3, 0.4) is 0 Å². The predicted molar refractivity (Wildman–Crippen MR) is 123 cm³/mol. The summed E-state index contributed by atoms with van der Waals surface area (Å²) in [4.78, 5) is 18.3. The lowest BCUT2D eigenvalue weighted by Gasteiger charge is -2.32. The van der Waals surface area contributed by atoms with Gasteiger partial charge in [0.05, 0.1) is 6.54 Å². The smallest absolute Gasteiger partial charge is 0.233 e. The SMILES string of the molecule is CCNC(=NCCc1ccc(F)cc1Cl)NC1CCN(CC(=O)NC)CC1.I. The van der Waals surface area contributed by atoms with E-state index < -0.39 is 0 Å². The number of likely N-dealkylation sites (N-methyl/N-ethyl adjacent to an activating group) is 1. The molecule has 0 saturated carbocycles. The Bertz CT molecular complexity index is 653. The first-order valence-electron chi connectivity index (χ1n) is 9.43. The average Bonchev–Trinajstić information content (AvgIpc) is 2.65. The van der Waals surface area contributed by atoms with Gasteiger partial charge in [0.1, 0.15) is 5.82 Å². The minimum Gasteiger partial charge on any atom is -0.358 e. The number of carbonyl (C=O) groups is 1. The summed E-state index contributed by atoms with van der Waals surface area (Å²) in [5, 5.41) is 9.83. The van der Waals surface area contributed by atoms with Crippen LogP contribution in [0.2, 0.25) is 5.02 Å². The molecule has 0 bridgehead atoms. The van der Waals surface area contributed by atoms with E-state index in [-0.39, 0.29) is 35.7 Å². The van der Waals surface area contributed by atoms with Gasteiger partial charge in [-0.1, -0.05) is 17.7 Å². The van der Waals surface area contributed by atoms with Crippen molar-refractivity contribution in [3.63, 3.8) is 0 Å². The van der Waals surface area contributed by atoms with Gasteiger partial charge in [0.15, 0.2) is 5.96 Å². The minimum absolute atomic E-state index is 0. The predicted octanol–water partition coefficient (Wildman–Crippen LogP) is 2.41. The fraction of sp³-hybridized carbons (Fsp3) is 0.579. The second-order valence-corrected chi connectivity index (χ2v) is 7.02. The molecule has 3 N–H and O–H groups in total. The monoisotopic (exact) mass is 525 g/mol. The van der Waals surface area contributed by atoms with Gasteiger partial charge >= 0.3 is 0 Å². The second-order valence-electron chi connectivity index (χ2n) is 6.61. The van der Waals surface area contributed by atoms with Gasteiger partial charge in [0.25, 0.3) is 0 Å². The number of aliphatic imine (C=N–C) groups is 1. The van der Waals surface area contributed by atoms with Gasteiger partial charge in [0.2, 0.25) is 5.91 Å². The molecule has 158 valence electrons. The summed E-state index contributed by atoms with van der Waals surface area (Å²) >= 11 is 6.07. The van der Waals surface area contributed by atoms with Gasteiger partial charge in [-0.05, 0) is 43.9 Å². The molecule has 9 heteroatoms. The number of nitrogens with zero attached hydrogens (tertiary/aromatic N) is 2. The lowest BCUT2D eigenvalue weighted by molar-refractivity contribution is -0.122. The van der Waals surface area contributed by atoms with Gasteiger partial charge in [-0.2, -0.15) is 0 Å². The molecule has 1 aliphatic rings. The van der Waals surface area contributed by atoms with Crippen molar-refractivity contribution in [3.05, 3.63) is 34.6 Å². The van der Waals surface area contributed by atoms with E-state index in [9.17, 15) is 9.18 Å². The molecule has 0 radical (unpaired) electrons. The molecule has 1 heterocycles. The number of piperidine rings is 1. The number of rotatable bonds is 7. The molecule has 0 atom stereocenters. The lowest BCUT2D eigenvalue weighted by Crippen LogP contribution is -2.50. The van der Waals surface area contributed by atoms with Gasteiger partial charge in [0, 0.05) is 44.3 Å². The number of guanidine groups is 1. The molecular weight excluding hydrogens is 496 g/mol. The van der Waals surface area contributed by atoms with E-state index in [0.29, 0.717) is 30.6 Å². The third-order valence-electron chi connectivity index (χ3n) is 4.58. The van der Waals surface area contributed by atoms with Crippen LogP contribution in [0.4, 0.5) is 4.39 Å². The highest BCUT2D eigenvalue weighted by Gasteiger charge is 2.21. The summed E-state index contributed by atoms with van der Waals surface area (Å²) in [5.41, 5.74) is 0.889. The van der Waals surface area contributed by atoms with Crippen LogP contribution in [0, 0.1) is 5.82 Å². The highest BCUT2D eigenvalue weighted by molar-refractivity contribution is 14.0. The molecule has 1 aromatic rings. The summed E-state index contributed by atoms with van der Waals surface area (Å²) in [6.07, 6.45) is 2.58. The van der Waals surface area contributed by atoms with Crippen molar-refractivity contribution in [1.29, 1.82) is 0 Å². The van der Waals surface area contributed by atoms with Crippen molar-refractivity contribution in [2.75, 3.05) is 39.8 Å². The maximum atomic E-state index is 13.1. The molecule has 0 spiro atoms. The number of carbonyl (C=O) groups excluding carboxylic acids is 1. The Labute approximate surface area is 188 Å². The maximum absolute atomic E-state index is 13.1. The van der Waals surface area contributed by atoms with Crippen LogP contribution < -0.4 is 16.0 Å². The van der Waals surface area contributed by atoms with Gasteiger partial charge < -0.3 is 16.0 Å². The van der Waals surface area contributed by atoms with Crippen LogP contribution in [0.25, 0.3) is 0 Å². The Balaban J connectivity index is 0.00000392. The highest BCUT2D eigenvalue weighted by atomic mass is 127. The molecule has 0 unspecified atom stereocenters. The second kappa shape index (κ2) is 13.2. The zero-order valence-electron chi connectivity index (χ0n) is 16.4. The van der Waals surface area contributed by atoms with Crippen molar-refractivity contribution < 1.29 is 9.18 Å². The van der Waals surface area contributed by atoms with Gasteiger partial charge in [-0.3, -0.25) is 14.7 Å². The van der Waals surface area contributed by atoms with E-state index in [0.717, 1.165) is 44.0 Å². The van der Waals surface area contributed by atoms with Crippen LogP contribution in [0.15, 0.2) is 23.2 Å². The van der Waals surface area contributed by atoms with Gasteiger partial charge in [-0.25, -0.2) is 4.39 Å². The van der Waals surface area contributed by atoms with E-state index in [1.807, 2.05) is 6.92 Å². The average molecular weight is 526 g/mol. The summed E-state index contributed by atoms with van der Waals surface area (Å²) in [6, 6.07) is 4.78. The standard InChI is InChI=1S/C19H29ClFN5O.HI/c1-3-23-19(24-9-6-14-4-5-15(21)12-17(14)20)25-16-7-10-26(11-8-16)13-18(27)22-2;/h4-5,12,16H,3,6-11,13H2,1-2H3,(H,22,27)(H2,23,24,25);1H. The molecule has 28 heavy (non-hydrogen) atoms. The Morgan fingerprint density at radius 1 is 1.36 bits per heavy atom. The molecule has 1 amide bonds. The Morgan fingerprint density at radius 2 is 2.07 bits per heavy atom. The van der Waals surface area contributed by atoms with Crippen molar-refractivity contribution in [3.8, 4) is 0 Å². The molecule has 1 aliphatic heterocycles. The summed E-state index contributed by atoms with van der Waals surface area (Å²) in [6.45, 7) is 5.59. The lowest BCUT2D eigenvalue weighted by atomic mass is 10.1. The fourth-order valence-electron chi connectivity index (χ4n) is 3.04. The summed E-state index contributed by atoms with van der Waals surface area (Å²) in [7, 11) is 1.66. The summed E-state index contributed by atoms with van der Waals surface area (Å²) in [5.74, 6) is 0.501. The zero-order valence-corrected chi connectivity index (χ0v) is 19.5. The minimum atomic E-state index is -0.329. The van der Waals surface area contributed by atoms with Crippen LogP contribution in [0.1, 0.15) is 25.3 Å². The third kappa shape index (κ3) is 8.48. The van der Waals surface area contributed by atoms with Crippen molar-refractivity contribution in [2.45, 2.75) is 32.2 Å². The van der Waals surface area contributed by atoms with E-state index in [2.05, 4.69) is 25.8 Å². The molecule has 6 nitrogen and oxygen atoms in total. The number of nitrogens with one attached hydrogen (secondary N) is 3. The Hall–Kier alpha value is -1.13. The number of amides is 1. The molecule has 1 fully saturated rings. The fourth-order valence-corrected chi connectivity index (χ4v) is 3.31. The quantitative estimate of drug-likeness (QED) is 0.291. The first-order valence-corrected chi connectivity index (χ1v) is 9.81. The van der Waals surface area contributed by atoms with Crippen LogP contribution in [-0.2, 0) is 11.2 Å². The molecule has 0 aliphatic carbocycles. The first kappa shape index (κ1) is 24.9. The van der Waals surface area contributed by atoms with E-state index in [1.54, 1.807) is 13.1 Å². The highest BCUT2D eigenvalue weighted by Crippen LogP contribution is 2.17. The van der Waals surface area contributed by atoms with E-state index in [1.165, 1.54) is 12.1 Å². The number of benzene rings is 1. The van der Waals surface area contributed by atoms with Crippen LogP contribution in [0.5, 0.6) is 0 Å². The maximum Gasteiger partial charge on any atom is 0.233 e. The Morgan fingerprint density at radius 3 is 2.68 bits per heavy atom. The van der Waals surface area contributed by atoms with Crippen molar-refractivity contribution in [2.24, 2.45) is 4.99 Å². The molecule has 1 saturated heterocycles. The van der Waals surface area contributed by atoms with Crippen molar-refractivity contribution in [1.82, 2.24) is 20.9 Å². The van der Waals surface area contributed by atoms with E-state index in [4.69, 9.17) is 11.6 Å². The Kier molecular flexibility index (Phi) is 11.7. The molecule has 1 aromatic carbocycles. The largest absolute Gasteiger partial charge is 0.358 e.